The molecule has 0 saturated heterocycles. The molecule has 0 aromatic heterocycles. The van der Waals surface area contributed by atoms with Crippen molar-refractivity contribution in [2.75, 3.05) is 85.6 Å². The number of fused-ring (bicyclic) bond motifs is 10. The Bertz CT molecular complexity index is 3030. The van der Waals surface area contributed by atoms with E-state index in [-0.39, 0.29) is 84.2 Å². The van der Waals surface area contributed by atoms with Gasteiger partial charge in [-0.05, 0) is 241 Å². The zero-order chi connectivity index (χ0) is 80.6. The van der Waals surface area contributed by atoms with Gasteiger partial charge < -0.3 is 63.0 Å². The number of aliphatic hydroxyl groups excluding tert-OH is 3. The molecular weight excluding hydrogens is 1410 g/mol. The second-order valence-corrected chi connectivity index (χ2v) is 37.4. The van der Waals surface area contributed by atoms with Crippen molar-refractivity contribution < 1.29 is 62.8 Å². The maximum absolute atomic E-state index is 13.5. The molecule has 2 aromatic carbocycles. The SMILES string of the molecule is C=CCO[C@@H]1CC[C@@]2(C)[C@@H](C1)C[C@@H](OCC=C)C1[C@@H]2C[C@H](OCC=C)[C@]2(C)[C@@H](C(C)CCCN(CCCCCCCC)C(=O)OCc3ccccc3)CC[C@@H]12.CCCCCCCCN(CCCC(C)[C@H]1CC[C@H]2C3[C@H](OCCCO)C[C@@H]4C[C@H](OCCCO)CC[C@]4(C)[C@H]3C[C@H](OCCCO)[C@]12C)C(=O)OCc1ccccc1. The van der Waals surface area contributed by atoms with Gasteiger partial charge in [-0.1, -0.05) is 198 Å². The summed E-state index contributed by atoms with van der Waals surface area (Å²) in [6.45, 7) is 39.4. The number of unbranched alkanes of at least 4 members (excludes halogenated alkanes) is 10. The van der Waals surface area contributed by atoms with Crippen molar-refractivity contribution in [1.29, 1.82) is 0 Å². The second kappa shape index (κ2) is 47.6. The van der Waals surface area contributed by atoms with Gasteiger partial charge in [0.1, 0.15) is 13.2 Å². The van der Waals surface area contributed by atoms with Gasteiger partial charge >= 0.3 is 12.2 Å². The number of hydrogen-bond acceptors (Lipinski definition) is 13. The Morgan fingerprint density at radius 2 is 0.832 bits per heavy atom. The lowest BCUT2D eigenvalue weighted by molar-refractivity contribution is -0.228. The molecule has 8 saturated carbocycles. The number of hydrogen-bond donors (Lipinski definition) is 3. The normalized spacial score (nSPS) is 32.7. The molecule has 22 atom stereocenters. The summed E-state index contributed by atoms with van der Waals surface area (Å²) >= 11 is 0. The number of carbonyl (C=O) groups is 2. The highest BCUT2D eigenvalue weighted by molar-refractivity contribution is 5.68. The maximum Gasteiger partial charge on any atom is 0.410 e. The van der Waals surface area contributed by atoms with E-state index in [1.807, 2.05) is 88.7 Å². The lowest BCUT2D eigenvalue weighted by Gasteiger charge is -2.65. The molecule has 2 amide bonds. The summed E-state index contributed by atoms with van der Waals surface area (Å²) in [6, 6.07) is 20.0. The van der Waals surface area contributed by atoms with Gasteiger partial charge in [-0.25, -0.2) is 9.59 Å². The van der Waals surface area contributed by atoms with Crippen LogP contribution in [0.15, 0.2) is 98.6 Å². The van der Waals surface area contributed by atoms with Crippen molar-refractivity contribution in [2.24, 2.45) is 92.7 Å². The first-order chi connectivity index (χ1) is 54.9. The van der Waals surface area contributed by atoms with E-state index in [1.165, 1.54) is 83.5 Å². The summed E-state index contributed by atoms with van der Waals surface area (Å²) in [5.41, 5.74) is 2.51. The standard InChI is InChI=1S/C49H83NO8.C49H77NO5/c1-5-6-7-8-9-13-25-50(47(54)58-36-38-19-11-10-12-20-38)26-14-18-37(2)41-21-22-42-46-43(35-45(49(41,42)4)57-32-17-29-53)48(3)24-23-40(55-30-15-27-51)33-39(48)34-44(46)56-31-16-28-52;1-8-12-13-14-15-19-28-50(47(51)55-36-38-22-17-16-18-23-38)29-20-21-37(5)41-24-25-42-46-43(35-45(49(41,42)7)54-32-11-4)48(6)27-26-40(52-30-9-2)33-39(48)34-44(46)53-31-10-3/h10-12,19-20,37,39-46,51-53H,5-9,13-18,21-36H2,1-4H3;9-11,16-18,22-23,37,39-46H,2-4,8,12-15,19-21,24-36H2,1,5-7H3/t2*37?,39-,40+,41+,42-,43-,44+,45-,46?,48-,49+/m00/s1. The van der Waals surface area contributed by atoms with Gasteiger partial charge in [0, 0.05) is 76.7 Å². The third-order valence-corrected chi connectivity index (χ3v) is 30.8. The van der Waals surface area contributed by atoms with Gasteiger partial charge in [0.15, 0.2) is 0 Å². The molecule has 0 radical (unpaired) electrons. The van der Waals surface area contributed by atoms with Crippen LogP contribution in [-0.4, -0.2) is 160 Å². The number of ether oxygens (including phenoxy) is 8. The highest BCUT2D eigenvalue weighted by Crippen LogP contribution is 2.72. The minimum atomic E-state index is -0.198. The van der Waals surface area contributed by atoms with Crippen molar-refractivity contribution in [3.63, 3.8) is 0 Å². The predicted octanol–water partition coefficient (Wildman–Crippen LogP) is 21.6. The van der Waals surface area contributed by atoms with Crippen LogP contribution in [0.1, 0.15) is 278 Å². The average Bonchev–Trinajstić information content (AvgIpc) is 1.65. The fourth-order valence-corrected chi connectivity index (χ4v) is 24.7. The van der Waals surface area contributed by atoms with Crippen molar-refractivity contribution in [1.82, 2.24) is 9.80 Å². The third-order valence-electron chi connectivity index (χ3n) is 30.8. The van der Waals surface area contributed by atoms with Crippen molar-refractivity contribution >= 4 is 12.2 Å². The zero-order valence-corrected chi connectivity index (χ0v) is 72.3. The van der Waals surface area contributed by atoms with Crippen LogP contribution in [0.5, 0.6) is 0 Å². The summed E-state index contributed by atoms with van der Waals surface area (Å²) in [6.07, 6.45) is 42.8. The first-order valence-corrected chi connectivity index (χ1v) is 46.2. The molecular formula is C98H160N2O13. The number of amides is 2. The topological polar surface area (TPSA) is 175 Å². The van der Waals surface area contributed by atoms with E-state index in [9.17, 15) is 24.9 Å². The van der Waals surface area contributed by atoms with E-state index in [1.54, 1.807) is 0 Å². The fourth-order valence-electron chi connectivity index (χ4n) is 24.7. The Morgan fingerprint density at radius 3 is 1.28 bits per heavy atom. The number of benzene rings is 2. The van der Waals surface area contributed by atoms with E-state index < -0.39 is 0 Å². The summed E-state index contributed by atoms with van der Waals surface area (Å²) in [7, 11) is 0. The van der Waals surface area contributed by atoms with E-state index in [2.05, 4.69) is 75.1 Å². The van der Waals surface area contributed by atoms with Gasteiger partial charge in [-0.15, -0.1) is 19.7 Å². The average molecular weight is 1570 g/mol. The van der Waals surface area contributed by atoms with Crippen LogP contribution >= 0.6 is 0 Å². The molecule has 8 aliphatic rings. The molecule has 640 valence electrons. The van der Waals surface area contributed by atoms with E-state index in [0.29, 0.717) is 156 Å². The number of carbonyl (C=O) groups excluding carboxylic acids is 2. The van der Waals surface area contributed by atoms with Crippen LogP contribution in [0.2, 0.25) is 0 Å². The summed E-state index contributed by atoms with van der Waals surface area (Å²) in [4.78, 5) is 31.0. The number of nitrogens with zero attached hydrogens (tertiary/aromatic N) is 2. The van der Waals surface area contributed by atoms with Gasteiger partial charge in [0.2, 0.25) is 0 Å². The van der Waals surface area contributed by atoms with Gasteiger partial charge in [0.05, 0.1) is 56.4 Å². The van der Waals surface area contributed by atoms with Crippen LogP contribution in [-0.2, 0) is 51.1 Å². The minimum absolute atomic E-state index is 0.0186. The molecule has 8 fully saturated rings. The molecule has 10 rings (SSSR count). The molecule has 0 heterocycles. The van der Waals surface area contributed by atoms with Crippen molar-refractivity contribution in [3.8, 4) is 0 Å². The highest BCUT2D eigenvalue weighted by Gasteiger charge is 2.69. The molecule has 3 N–H and O–H groups in total. The van der Waals surface area contributed by atoms with E-state index in [0.717, 1.165) is 140 Å². The summed E-state index contributed by atoms with van der Waals surface area (Å²) in [5, 5.41) is 28.9. The molecule has 8 aliphatic carbocycles. The smallest absolute Gasteiger partial charge is 0.410 e. The molecule has 0 bridgehead atoms. The zero-order valence-electron chi connectivity index (χ0n) is 72.3. The lowest BCUT2D eigenvalue weighted by atomic mass is 9.43. The third kappa shape index (κ3) is 24.3. The van der Waals surface area contributed by atoms with Crippen LogP contribution in [0, 0.1) is 92.7 Å². The molecule has 15 heteroatoms. The second-order valence-electron chi connectivity index (χ2n) is 37.4. The first kappa shape index (κ1) is 92.7. The Kier molecular flexibility index (Phi) is 39.0. The molecule has 113 heavy (non-hydrogen) atoms. The van der Waals surface area contributed by atoms with E-state index >= 15 is 0 Å². The summed E-state index contributed by atoms with van der Waals surface area (Å²) < 4.78 is 51.9. The van der Waals surface area contributed by atoms with Crippen LogP contribution in [0.25, 0.3) is 0 Å². The Balaban J connectivity index is 0.000000259. The fraction of sp³-hybridized carbons (Fsp3) is 0.796. The predicted molar refractivity (Wildman–Crippen MR) is 456 cm³/mol. The van der Waals surface area contributed by atoms with Crippen molar-refractivity contribution in [3.05, 3.63) is 110 Å². The maximum atomic E-state index is 13.5. The molecule has 2 aromatic rings. The van der Waals surface area contributed by atoms with Crippen molar-refractivity contribution in [2.45, 2.75) is 317 Å². The monoisotopic (exact) mass is 1570 g/mol. The number of aliphatic hydroxyl groups is 3. The highest BCUT2D eigenvalue weighted by atomic mass is 16.6. The quantitative estimate of drug-likeness (QED) is 0.0422. The molecule has 4 unspecified atom stereocenters. The first-order valence-electron chi connectivity index (χ1n) is 46.2. The van der Waals surface area contributed by atoms with Crippen LogP contribution in [0.3, 0.4) is 0 Å². The molecule has 0 aliphatic heterocycles. The largest absolute Gasteiger partial charge is 0.445 e. The van der Waals surface area contributed by atoms with Gasteiger partial charge in [-0.3, -0.25) is 0 Å². The summed E-state index contributed by atoms with van der Waals surface area (Å²) in [5.74, 6) is 6.14. The van der Waals surface area contributed by atoms with E-state index in [4.69, 9.17) is 37.9 Å². The molecule has 0 spiro atoms. The number of rotatable bonds is 49. The van der Waals surface area contributed by atoms with Crippen LogP contribution in [0.4, 0.5) is 9.59 Å². The minimum Gasteiger partial charge on any atom is -0.445 e. The Labute approximate surface area is 686 Å². The van der Waals surface area contributed by atoms with Crippen LogP contribution < -0.4 is 0 Å². The Hall–Kier alpha value is -4.16. The van der Waals surface area contributed by atoms with Gasteiger partial charge in [0.25, 0.3) is 0 Å². The lowest BCUT2D eigenvalue weighted by Crippen LogP contribution is -2.63. The molecule has 15 nitrogen and oxygen atoms in total. The Morgan fingerprint density at radius 1 is 0.442 bits per heavy atom. The van der Waals surface area contributed by atoms with Gasteiger partial charge in [-0.2, -0.15) is 0 Å².